The van der Waals surface area contributed by atoms with E-state index in [0.29, 0.717) is 11.1 Å². The number of hydrogen-bond acceptors (Lipinski definition) is 18. The molecule has 1 aliphatic rings. The van der Waals surface area contributed by atoms with Crippen molar-refractivity contribution in [2.75, 3.05) is 67.7 Å². The first-order valence-electron chi connectivity index (χ1n) is 21.6. The third-order valence-electron chi connectivity index (χ3n) is 11.8. The van der Waals surface area contributed by atoms with Crippen LogP contribution in [-0.4, -0.2) is 176 Å². The van der Waals surface area contributed by atoms with Crippen molar-refractivity contribution in [3.05, 3.63) is 95.1 Å². The lowest BCUT2D eigenvalue weighted by molar-refractivity contribution is -0.139. The molecule has 4 aromatic rings. The molecule has 8 N–H and O–H groups in total. The van der Waals surface area contributed by atoms with Crippen LogP contribution in [0.25, 0.3) is 0 Å². The van der Waals surface area contributed by atoms with Crippen molar-refractivity contribution < 1.29 is 90.6 Å². The fourth-order valence-electron chi connectivity index (χ4n) is 8.58. The number of carboxylic acid groups (broad SMARTS) is 2. The van der Waals surface area contributed by atoms with E-state index in [1.807, 2.05) is 0 Å². The minimum Gasteiger partial charge on any atom is -0.495 e. The lowest BCUT2D eigenvalue weighted by Gasteiger charge is -2.40. The van der Waals surface area contributed by atoms with Crippen LogP contribution >= 0.6 is 0 Å². The summed E-state index contributed by atoms with van der Waals surface area (Å²) in [5, 5.41) is 27.6. The molecule has 0 amide bonds. The maximum absolute atomic E-state index is 12.8. The van der Waals surface area contributed by atoms with Gasteiger partial charge in [0.25, 0.3) is 40.5 Å². The molecule has 1 fully saturated rings. The summed E-state index contributed by atoms with van der Waals surface area (Å²) in [5.74, 6) is -3.33. The van der Waals surface area contributed by atoms with Gasteiger partial charge in [-0.3, -0.25) is 37.6 Å². The van der Waals surface area contributed by atoms with E-state index in [1.165, 1.54) is 89.1 Å². The van der Waals surface area contributed by atoms with Crippen LogP contribution in [0.2, 0.25) is 0 Å². The molecule has 4 aromatic carbocycles. The Labute approximate surface area is 416 Å². The van der Waals surface area contributed by atoms with Crippen molar-refractivity contribution in [3.63, 3.8) is 0 Å². The third kappa shape index (κ3) is 15.8. The molecule has 1 aliphatic heterocycles. The number of carboxylic acids is 2. The molecule has 0 spiro atoms. The van der Waals surface area contributed by atoms with Gasteiger partial charge >= 0.3 is 11.9 Å². The molecule has 396 valence electrons. The summed E-state index contributed by atoms with van der Waals surface area (Å²) >= 11 is 0. The Balaban J connectivity index is 1.73. The monoisotopic (exact) mass is 1090 g/mol. The molecular weight excluding hydrogens is 1030 g/mol. The van der Waals surface area contributed by atoms with Crippen LogP contribution in [-0.2, 0) is 75.7 Å². The number of rotatable bonds is 20. The minimum atomic E-state index is -4.86. The lowest BCUT2D eigenvalue weighted by atomic mass is 9.97. The van der Waals surface area contributed by atoms with Crippen LogP contribution in [0.3, 0.4) is 0 Å². The Morgan fingerprint density at radius 1 is 0.472 bits per heavy atom. The highest BCUT2D eigenvalue weighted by Crippen LogP contribution is 2.30. The highest BCUT2D eigenvalue weighted by molar-refractivity contribution is 7.86. The SMILES string of the molecule is COc1ccc(C[C@H]2CN(CC(=O)O)[C@@H](Cc3ccc(OC)c(S(=O)(=O)O)c3)CN[C@@H](Cc3ccc(OC)c(S(=O)(=O)O)c3)CN(CC(=O)O)[C@@H](Cc3ccc(OC)c(S(=O)(=O)O)c3)CN2)cc1S(=O)(=O)O. The van der Waals surface area contributed by atoms with Gasteiger partial charge in [0.1, 0.15) is 42.6 Å². The van der Waals surface area contributed by atoms with Crippen molar-refractivity contribution in [2.24, 2.45) is 0 Å². The van der Waals surface area contributed by atoms with E-state index in [1.54, 1.807) is 9.80 Å². The Kier molecular flexibility index (Phi) is 19.2. The minimum absolute atomic E-state index is 0.0739. The molecule has 0 radical (unpaired) electrons. The molecule has 24 nitrogen and oxygen atoms in total. The first-order chi connectivity index (χ1) is 33.6. The number of benzene rings is 4. The van der Waals surface area contributed by atoms with E-state index in [2.05, 4.69) is 10.6 Å². The van der Waals surface area contributed by atoms with Crippen LogP contribution < -0.4 is 29.6 Å². The van der Waals surface area contributed by atoms with Crippen LogP contribution in [0, 0.1) is 0 Å². The first kappa shape index (κ1) is 57.4. The zero-order valence-electron chi connectivity index (χ0n) is 39.2. The van der Waals surface area contributed by atoms with Crippen LogP contribution in [0.5, 0.6) is 23.0 Å². The number of carbonyl (C=O) groups is 2. The summed E-state index contributed by atoms with van der Waals surface area (Å²) < 4.78 is 161. The van der Waals surface area contributed by atoms with Gasteiger partial charge in [0.15, 0.2) is 0 Å². The van der Waals surface area contributed by atoms with Crippen molar-refractivity contribution in [3.8, 4) is 23.0 Å². The molecule has 1 saturated heterocycles. The van der Waals surface area contributed by atoms with Crippen molar-refractivity contribution >= 4 is 52.4 Å². The Morgan fingerprint density at radius 3 is 0.944 bits per heavy atom. The fourth-order valence-corrected chi connectivity index (χ4v) is 11.4. The maximum atomic E-state index is 12.8. The molecule has 5 rings (SSSR count). The molecule has 0 aromatic heterocycles. The van der Waals surface area contributed by atoms with E-state index in [9.17, 15) is 71.7 Å². The molecule has 4 atom stereocenters. The van der Waals surface area contributed by atoms with Crippen molar-refractivity contribution in [2.45, 2.75) is 69.4 Å². The topological polar surface area (TPSA) is 360 Å². The highest BCUT2D eigenvalue weighted by Gasteiger charge is 2.33. The van der Waals surface area contributed by atoms with Gasteiger partial charge < -0.3 is 39.8 Å². The van der Waals surface area contributed by atoms with E-state index >= 15 is 0 Å². The van der Waals surface area contributed by atoms with Gasteiger partial charge in [-0.15, -0.1) is 0 Å². The van der Waals surface area contributed by atoms with Gasteiger partial charge in [0.05, 0.1) is 41.5 Å². The smallest absolute Gasteiger partial charge is 0.317 e. The van der Waals surface area contributed by atoms with Crippen molar-refractivity contribution in [1.29, 1.82) is 0 Å². The second-order valence-corrected chi connectivity index (χ2v) is 22.4. The Bertz CT molecular complexity index is 2860. The van der Waals surface area contributed by atoms with Gasteiger partial charge in [-0.2, -0.15) is 33.7 Å². The average Bonchev–Trinajstić information content (AvgIpc) is 3.29. The fraction of sp³-hybridized carbons (Fsp3) is 0.409. The predicted octanol–water partition coefficient (Wildman–Crippen LogP) is 1.42. The molecule has 28 heteroatoms. The van der Waals surface area contributed by atoms with Crippen LogP contribution in [0.4, 0.5) is 0 Å². The normalized spacial score (nSPS) is 19.1. The summed E-state index contributed by atoms with van der Waals surface area (Å²) in [6.07, 6.45) is -0.358. The first-order valence-corrected chi connectivity index (χ1v) is 27.4. The molecule has 0 unspecified atom stereocenters. The summed E-state index contributed by atoms with van der Waals surface area (Å²) in [6, 6.07) is 12.4. The van der Waals surface area contributed by atoms with E-state index in [-0.39, 0.29) is 86.0 Å². The lowest BCUT2D eigenvalue weighted by Crippen LogP contribution is -2.58. The molecule has 72 heavy (non-hydrogen) atoms. The number of aliphatic carboxylic acids is 2. The molecular formula is C44H56N4O20S4. The summed E-state index contributed by atoms with van der Waals surface area (Å²) in [7, 11) is -14.6. The summed E-state index contributed by atoms with van der Waals surface area (Å²) in [4.78, 5) is 26.4. The summed E-state index contributed by atoms with van der Waals surface area (Å²) in [6.45, 7) is -1.92. The standard InChI is InChI=1S/C44H56N4O20S4/c1-65-35-9-5-27(17-39(35)69(53,54)55)13-31-23-47(25-43(49)50)34(16-30-8-12-38(68-4)42(20-30)72(62,63)64)22-46-32(14-28-6-10-36(66-2)40(18-28)70(56,57)58)24-48(26-44(51)52)33(21-45-31)15-29-7-11-37(67-3)41(19-29)71(59,60)61/h5-12,17-20,31-34,45-46H,13-16,21-26H2,1-4H3,(H,49,50)(H,51,52)(H,53,54,55)(H,56,57,58)(H,59,60,61)(H,62,63,64)/t31-,32-,33-,34-/m0/s1. The number of ether oxygens (including phenoxy) is 4. The van der Waals surface area contributed by atoms with E-state index in [4.69, 9.17) is 18.9 Å². The summed E-state index contributed by atoms with van der Waals surface area (Å²) in [5.41, 5.74) is 1.19. The zero-order chi connectivity index (χ0) is 53.3. The molecule has 0 bridgehead atoms. The quantitative estimate of drug-likeness (QED) is 0.0580. The van der Waals surface area contributed by atoms with E-state index in [0.717, 1.165) is 12.1 Å². The van der Waals surface area contributed by atoms with Crippen LogP contribution in [0.1, 0.15) is 22.3 Å². The predicted molar refractivity (Wildman–Crippen MR) is 256 cm³/mol. The largest absolute Gasteiger partial charge is 0.495 e. The number of nitrogens with zero attached hydrogens (tertiary/aromatic N) is 2. The van der Waals surface area contributed by atoms with Gasteiger partial charge in [-0.05, 0) is 96.5 Å². The van der Waals surface area contributed by atoms with Crippen molar-refractivity contribution in [1.82, 2.24) is 20.4 Å². The van der Waals surface area contributed by atoms with Gasteiger partial charge in [-0.25, -0.2) is 0 Å². The maximum Gasteiger partial charge on any atom is 0.317 e. The molecule has 1 heterocycles. The second-order valence-electron chi connectivity index (χ2n) is 16.8. The van der Waals surface area contributed by atoms with Gasteiger partial charge in [0, 0.05) is 50.3 Å². The Hall–Kier alpha value is -5.50. The second kappa shape index (κ2) is 24.0. The third-order valence-corrected chi connectivity index (χ3v) is 15.3. The van der Waals surface area contributed by atoms with Gasteiger partial charge in [0.2, 0.25) is 0 Å². The zero-order valence-corrected chi connectivity index (χ0v) is 42.5. The molecule has 0 aliphatic carbocycles. The van der Waals surface area contributed by atoms with Gasteiger partial charge in [-0.1, -0.05) is 24.3 Å². The Morgan fingerprint density at radius 2 is 0.722 bits per heavy atom. The van der Waals surface area contributed by atoms with E-state index < -0.39 is 109 Å². The van der Waals surface area contributed by atoms with Crippen LogP contribution in [0.15, 0.2) is 92.4 Å². The number of methoxy groups -OCH3 is 4. The molecule has 0 saturated carbocycles. The number of nitrogens with one attached hydrogen (secondary N) is 2. The number of hydrogen-bond donors (Lipinski definition) is 8. The average molecular weight is 1090 g/mol. The highest BCUT2D eigenvalue weighted by atomic mass is 32.2.